The molecule has 14 rings (SSSR count). The van der Waals surface area contributed by atoms with Crippen molar-refractivity contribution in [3.05, 3.63) is 273 Å². The number of rotatable bonds is 9. The molecular formula is C69H45N5. The number of hydrogen-bond acceptors (Lipinski definition) is 3. The predicted molar refractivity (Wildman–Crippen MR) is 307 cm³/mol. The van der Waals surface area contributed by atoms with Gasteiger partial charge in [0.05, 0.1) is 27.8 Å². The number of benzene rings is 11. The fourth-order valence-corrected chi connectivity index (χ4v) is 11.1. The zero-order chi connectivity index (χ0) is 49.0. The molecule has 0 amide bonds. The molecule has 0 aliphatic carbocycles. The highest BCUT2D eigenvalue weighted by Gasteiger charge is 2.26. The molecule has 3 heterocycles. The van der Waals surface area contributed by atoms with Gasteiger partial charge in [-0.25, -0.2) is 4.98 Å². The summed E-state index contributed by atoms with van der Waals surface area (Å²) in [5.41, 5.74) is 18.3. The monoisotopic (exact) mass is 943 g/mol. The summed E-state index contributed by atoms with van der Waals surface area (Å²) in [5.74, 6) is 1.69. The van der Waals surface area contributed by atoms with Crippen LogP contribution in [-0.2, 0) is 0 Å². The Bertz CT molecular complexity index is 4390. The van der Waals surface area contributed by atoms with Crippen molar-refractivity contribution in [1.29, 1.82) is 0 Å². The first kappa shape index (κ1) is 42.9. The van der Waals surface area contributed by atoms with E-state index < -0.39 is 0 Å². The second-order valence-corrected chi connectivity index (χ2v) is 18.7. The maximum atomic E-state index is 5.64. The van der Waals surface area contributed by atoms with Gasteiger partial charge in [-0.1, -0.05) is 237 Å². The van der Waals surface area contributed by atoms with Crippen molar-refractivity contribution in [3.63, 3.8) is 0 Å². The van der Waals surface area contributed by atoms with Crippen molar-refractivity contribution in [2.24, 2.45) is 0 Å². The first-order chi connectivity index (χ1) is 36.7. The van der Waals surface area contributed by atoms with Crippen molar-refractivity contribution < 1.29 is 0 Å². The van der Waals surface area contributed by atoms with Crippen molar-refractivity contribution >= 4 is 43.6 Å². The van der Waals surface area contributed by atoms with Crippen molar-refractivity contribution in [1.82, 2.24) is 24.1 Å². The molecule has 0 aliphatic heterocycles. The molecule has 0 aliphatic rings. The maximum absolute atomic E-state index is 5.64. The van der Waals surface area contributed by atoms with Crippen LogP contribution in [0.3, 0.4) is 0 Å². The molecule has 346 valence electrons. The zero-order valence-electron chi connectivity index (χ0n) is 40.2. The molecule has 0 saturated heterocycles. The van der Waals surface area contributed by atoms with Crippen LogP contribution in [0, 0.1) is 0 Å². The summed E-state index contributed by atoms with van der Waals surface area (Å²) in [4.78, 5) is 16.5. The van der Waals surface area contributed by atoms with Gasteiger partial charge in [0.2, 0.25) is 5.95 Å². The third-order valence-electron chi connectivity index (χ3n) is 14.4. The number of nitrogens with zero attached hydrogens (tertiary/aromatic N) is 5. The van der Waals surface area contributed by atoms with Crippen LogP contribution in [0.5, 0.6) is 0 Å². The van der Waals surface area contributed by atoms with E-state index in [0.29, 0.717) is 17.6 Å². The molecule has 11 aromatic carbocycles. The summed E-state index contributed by atoms with van der Waals surface area (Å²) in [6, 6.07) is 97.2. The molecule has 0 fully saturated rings. The minimum absolute atomic E-state index is 0.530. The number of aromatic nitrogens is 5. The smallest absolute Gasteiger partial charge is 0.238 e. The normalized spacial score (nSPS) is 11.5. The zero-order valence-corrected chi connectivity index (χ0v) is 40.2. The van der Waals surface area contributed by atoms with Gasteiger partial charge in [0.15, 0.2) is 11.6 Å². The van der Waals surface area contributed by atoms with Crippen LogP contribution in [0.25, 0.3) is 134 Å². The Hall–Kier alpha value is -9.97. The topological polar surface area (TPSA) is 48.5 Å². The van der Waals surface area contributed by atoms with Crippen LogP contribution in [-0.4, -0.2) is 24.1 Å². The van der Waals surface area contributed by atoms with Crippen molar-refractivity contribution in [3.8, 4) is 90.0 Å². The third-order valence-corrected chi connectivity index (χ3v) is 14.4. The van der Waals surface area contributed by atoms with Gasteiger partial charge in [-0.05, 0) is 86.5 Å². The Morgan fingerprint density at radius 1 is 0.243 bits per heavy atom. The van der Waals surface area contributed by atoms with Crippen LogP contribution < -0.4 is 0 Å². The molecular weight excluding hydrogens is 899 g/mol. The molecule has 0 bridgehead atoms. The van der Waals surface area contributed by atoms with E-state index in [2.05, 4.69) is 264 Å². The molecule has 0 spiro atoms. The van der Waals surface area contributed by atoms with E-state index in [9.17, 15) is 0 Å². The minimum Gasteiger partial charge on any atom is -0.307 e. The van der Waals surface area contributed by atoms with Gasteiger partial charge >= 0.3 is 0 Å². The van der Waals surface area contributed by atoms with Crippen LogP contribution in [0.15, 0.2) is 273 Å². The van der Waals surface area contributed by atoms with Gasteiger partial charge in [0.25, 0.3) is 0 Å². The van der Waals surface area contributed by atoms with Gasteiger partial charge in [-0.2, -0.15) is 9.97 Å². The molecule has 3 aromatic heterocycles. The average Bonchev–Trinajstić information content (AvgIpc) is 4.04. The van der Waals surface area contributed by atoms with E-state index in [-0.39, 0.29) is 0 Å². The summed E-state index contributed by atoms with van der Waals surface area (Å²) in [6.07, 6.45) is 0. The quantitative estimate of drug-likeness (QED) is 0.145. The van der Waals surface area contributed by atoms with Gasteiger partial charge in [-0.3, -0.25) is 4.57 Å². The standard InChI is InChI=1S/C69H45N5/c1-6-23-46(24-7-1)51-43-52(55-34-17-16-33-54(55)47-25-8-2-9-26-47)45-53(44-51)68-70-67(50-31-14-5-15-32-50)71-69(72-68)74-62-39-21-19-36-58(62)60-42-41-59-57-35-18-20-38-61(57)73(65(59)66(60)74)63-40-22-37-56(48-27-10-3-11-28-48)64(63)49-29-12-4-13-30-49/h1-45H. The van der Waals surface area contributed by atoms with E-state index in [1.54, 1.807) is 0 Å². The van der Waals surface area contributed by atoms with Gasteiger partial charge in [-0.15, -0.1) is 0 Å². The lowest BCUT2D eigenvalue weighted by Gasteiger charge is -2.19. The average molecular weight is 944 g/mol. The SMILES string of the molecule is c1ccc(-c2cc(-c3nc(-c4ccccc4)nc(-n4c5ccccc5c5ccc6c7ccccc7n(-c7cccc(-c8ccccc8)c7-c7ccccc7)c6c54)n3)cc(-c3ccccc3-c3ccccc3)c2)cc1. The van der Waals surface area contributed by atoms with Gasteiger partial charge < -0.3 is 4.57 Å². The number of para-hydroxylation sites is 2. The Balaban J connectivity index is 1.09. The molecule has 5 nitrogen and oxygen atoms in total. The largest absolute Gasteiger partial charge is 0.307 e. The summed E-state index contributed by atoms with van der Waals surface area (Å²) in [5, 5.41) is 4.51. The Kier molecular flexibility index (Phi) is 10.4. The Labute approximate surface area is 428 Å². The number of hydrogen-bond donors (Lipinski definition) is 0. The summed E-state index contributed by atoms with van der Waals surface area (Å²) in [7, 11) is 0. The maximum Gasteiger partial charge on any atom is 0.238 e. The second-order valence-electron chi connectivity index (χ2n) is 18.7. The minimum atomic E-state index is 0.530. The molecule has 74 heavy (non-hydrogen) atoms. The van der Waals surface area contributed by atoms with Crippen LogP contribution in [0.2, 0.25) is 0 Å². The fourth-order valence-electron chi connectivity index (χ4n) is 11.1. The third kappa shape index (κ3) is 7.29. The van der Waals surface area contributed by atoms with Gasteiger partial charge in [0.1, 0.15) is 0 Å². The summed E-state index contributed by atoms with van der Waals surface area (Å²) in [6.45, 7) is 0. The first-order valence-electron chi connectivity index (χ1n) is 25.1. The van der Waals surface area contributed by atoms with E-state index in [1.807, 2.05) is 18.2 Å². The summed E-state index contributed by atoms with van der Waals surface area (Å²) >= 11 is 0. The second kappa shape index (κ2) is 18.0. The van der Waals surface area contributed by atoms with Crippen LogP contribution >= 0.6 is 0 Å². The van der Waals surface area contributed by atoms with E-state index in [0.717, 1.165) is 116 Å². The molecule has 0 N–H and O–H groups in total. The molecule has 0 saturated carbocycles. The molecule has 14 aromatic rings. The lowest BCUT2D eigenvalue weighted by atomic mass is 9.91. The van der Waals surface area contributed by atoms with Crippen LogP contribution in [0.4, 0.5) is 0 Å². The van der Waals surface area contributed by atoms with Crippen molar-refractivity contribution in [2.75, 3.05) is 0 Å². The Morgan fingerprint density at radius 3 is 1.27 bits per heavy atom. The van der Waals surface area contributed by atoms with Gasteiger partial charge in [0, 0.05) is 38.2 Å². The summed E-state index contributed by atoms with van der Waals surface area (Å²) < 4.78 is 4.77. The molecule has 5 heteroatoms. The van der Waals surface area contributed by atoms with E-state index in [4.69, 9.17) is 15.0 Å². The molecule has 0 atom stereocenters. The molecule has 0 unspecified atom stereocenters. The molecule has 0 radical (unpaired) electrons. The lowest BCUT2D eigenvalue weighted by molar-refractivity contribution is 0.953. The number of fused-ring (bicyclic) bond motifs is 7. The fraction of sp³-hybridized carbons (Fsp3) is 0. The first-order valence-corrected chi connectivity index (χ1v) is 25.1. The van der Waals surface area contributed by atoms with E-state index >= 15 is 0 Å². The van der Waals surface area contributed by atoms with E-state index in [1.165, 1.54) is 0 Å². The lowest BCUT2D eigenvalue weighted by Crippen LogP contribution is -2.07. The van der Waals surface area contributed by atoms with Crippen molar-refractivity contribution in [2.45, 2.75) is 0 Å². The highest BCUT2D eigenvalue weighted by molar-refractivity contribution is 6.24. The Morgan fingerprint density at radius 2 is 0.662 bits per heavy atom. The predicted octanol–water partition coefficient (Wildman–Crippen LogP) is 17.7. The highest BCUT2D eigenvalue weighted by atomic mass is 15.2. The highest BCUT2D eigenvalue weighted by Crippen LogP contribution is 2.46. The van der Waals surface area contributed by atoms with Crippen LogP contribution in [0.1, 0.15) is 0 Å².